The van der Waals surface area contributed by atoms with Crippen molar-refractivity contribution >= 4 is 8.69 Å². The van der Waals surface area contributed by atoms with Crippen LogP contribution in [-0.2, 0) is 9.09 Å². The molecule has 0 atom stereocenters. The Morgan fingerprint density at radius 2 is 2.11 bits per heavy atom. The Balaban J connectivity index is 2.04. The quantitative estimate of drug-likeness (QED) is 0.571. The molecule has 0 aliphatic heterocycles. The smallest absolute Gasteiger partial charge is 0.294 e. The highest BCUT2D eigenvalue weighted by Gasteiger charge is 2.14. The van der Waals surface area contributed by atoms with Crippen LogP contribution < -0.4 is 0 Å². The van der Waals surface area contributed by atoms with E-state index in [1.165, 1.54) is 25.7 Å². The average molecular weight is 146 g/mol. The van der Waals surface area contributed by atoms with Gasteiger partial charge < -0.3 is 0 Å². The second-order valence-electron chi connectivity index (χ2n) is 2.52. The zero-order chi connectivity index (χ0) is 6.53. The number of hydrogen-bond acceptors (Lipinski definition) is 2. The van der Waals surface area contributed by atoms with Gasteiger partial charge in [-0.1, -0.05) is 12.8 Å². The molecule has 0 spiro atoms. The van der Waals surface area contributed by atoms with Gasteiger partial charge in [-0.15, -0.1) is 0 Å². The summed E-state index contributed by atoms with van der Waals surface area (Å²) in [6.45, 7) is 0.686. The van der Waals surface area contributed by atoms with Crippen molar-refractivity contribution in [2.24, 2.45) is 5.92 Å². The van der Waals surface area contributed by atoms with Gasteiger partial charge in [-0.05, 0) is 18.8 Å². The summed E-state index contributed by atoms with van der Waals surface area (Å²) in [5.74, 6) is 0.687. The monoisotopic (exact) mass is 146 g/mol. The highest BCUT2D eigenvalue weighted by molar-refractivity contribution is 7.17. The molecule has 0 saturated heterocycles. The summed E-state index contributed by atoms with van der Waals surface area (Å²) in [7, 11) is -0.164. The van der Waals surface area contributed by atoms with Crippen LogP contribution in [0.15, 0.2) is 0 Å². The molecule has 52 valence electrons. The van der Waals surface area contributed by atoms with Crippen molar-refractivity contribution in [2.45, 2.75) is 25.7 Å². The maximum Gasteiger partial charge on any atom is 0.327 e. The van der Waals surface area contributed by atoms with Gasteiger partial charge >= 0.3 is 8.69 Å². The fourth-order valence-electron chi connectivity index (χ4n) is 1.31. The predicted molar refractivity (Wildman–Crippen MR) is 35.5 cm³/mol. The first-order chi connectivity index (χ1) is 4.43. The molecule has 9 heavy (non-hydrogen) atoms. The molecule has 1 aliphatic rings. The largest absolute Gasteiger partial charge is 0.327 e. The van der Waals surface area contributed by atoms with Crippen LogP contribution in [0.5, 0.6) is 0 Å². The molecule has 1 fully saturated rings. The van der Waals surface area contributed by atoms with Gasteiger partial charge in [-0.25, -0.2) is 4.57 Å². The topological polar surface area (TPSA) is 26.3 Å². The van der Waals surface area contributed by atoms with Gasteiger partial charge in [0.2, 0.25) is 0 Å². The Labute approximate surface area is 56.9 Å². The Bertz CT molecular complexity index is 89.1. The van der Waals surface area contributed by atoms with Crippen molar-refractivity contribution in [3.63, 3.8) is 0 Å². The molecule has 0 heterocycles. The standard InChI is InChI=1S/C6H11O2P/c7-9-8-5-6-3-1-2-4-6/h6H,1-5H2. The van der Waals surface area contributed by atoms with Gasteiger partial charge in [-0.3, -0.25) is 4.52 Å². The Hall–Kier alpha value is 0.0600. The number of rotatable bonds is 3. The van der Waals surface area contributed by atoms with E-state index in [2.05, 4.69) is 0 Å². The highest BCUT2D eigenvalue weighted by Crippen LogP contribution is 2.25. The molecule has 3 heteroatoms. The summed E-state index contributed by atoms with van der Waals surface area (Å²) in [6, 6.07) is 0. The minimum Gasteiger partial charge on any atom is -0.294 e. The lowest BCUT2D eigenvalue weighted by atomic mass is 10.1. The van der Waals surface area contributed by atoms with Crippen molar-refractivity contribution in [1.29, 1.82) is 0 Å². The van der Waals surface area contributed by atoms with Crippen LogP contribution in [0.4, 0.5) is 0 Å². The van der Waals surface area contributed by atoms with Crippen LogP contribution in [-0.4, -0.2) is 6.61 Å². The minimum absolute atomic E-state index is 0.164. The van der Waals surface area contributed by atoms with E-state index in [4.69, 9.17) is 4.52 Å². The van der Waals surface area contributed by atoms with E-state index >= 15 is 0 Å². The fraction of sp³-hybridized carbons (Fsp3) is 1.00. The molecule has 1 rings (SSSR count). The lowest BCUT2D eigenvalue weighted by Crippen LogP contribution is -1.99. The van der Waals surface area contributed by atoms with E-state index in [1.807, 2.05) is 0 Å². The Morgan fingerprint density at radius 3 is 2.67 bits per heavy atom. The van der Waals surface area contributed by atoms with Crippen molar-refractivity contribution in [2.75, 3.05) is 6.61 Å². The van der Waals surface area contributed by atoms with Gasteiger partial charge in [0.05, 0.1) is 6.61 Å². The normalized spacial score (nSPS) is 21.3. The van der Waals surface area contributed by atoms with Crippen LogP contribution in [0.1, 0.15) is 25.7 Å². The second-order valence-corrected chi connectivity index (χ2v) is 2.93. The summed E-state index contributed by atoms with van der Waals surface area (Å²) in [6.07, 6.45) is 5.17. The third-order valence-corrected chi connectivity index (χ3v) is 2.09. The van der Waals surface area contributed by atoms with E-state index in [0.717, 1.165) is 0 Å². The summed E-state index contributed by atoms with van der Waals surface area (Å²) in [5.41, 5.74) is 0. The SMILES string of the molecule is O=POCC1CCCC1. The molecule has 2 nitrogen and oxygen atoms in total. The summed E-state index contributed by atoms with van der Waals surface area (Å²) >= 11 is 0. The molecule has 0 unspecified atom stereocenters. The zero-order valence-electron chi connectivity index (χ0n) is 5.38. The lowest BCUT2D eigenvalue weighted by Gasteiger charge is -2.02. The summed E-state index contributed by atoms with van der Waals surface area (Å²) in [4.78, 5) is 0. The first-order valence-corrected chi connectivity index (χ1v) is 4.11. The third-order valence-electron chi connectivity index (χ3n) is 1.84. The van der Waals surface area contributed by atoms with E-state index < -0.39 is 0 Å². The van der Waals surface area contributed by atoms with E-state index in [0.29, 0.717) is 12.5 Å². The summed E-state index contributed by atoms with van der Waals surface area (Å²) < 4.78 is 14.6. The predicted octanol–water partition coefficient (Wildman–Crippen LogP) is 2.40. The van der Waals surface area contributed by atoms with E-state index in [-0.39, 0.29) is 8.69 Å². The maximum atomic E-state index is 9.84. The van der Waals surface area contributed by atoms with Crippen LogP contribution in [0.2, 0.25) is 0 Å². The molecule has 0 aromatic heterocycles. The number of hydrogen-bond donors (Lipinski definition) is 0. The van der Waals surface area contributed by atoms with Gasteiger partial charge in [0.15, 0.2) is 0 Å². The van der Waals surface area contributed by atoms with Crippen molar-refractivity contribution < 1.29 is 9.09 Å². The van der Waals surface area contributed by atoms with Crippen molar-refractivity contribution in [3.05, 3.63) is 0 Å². The van der Waals surface area contributed by atoms with Crippen LogP contribution in [0, 0.1) is 5.92 Å². The van der Waals surface area contributed by atoms with Crippen molar-refractivity contribution in [3.8, 4) is 0 Å². The summed E-state index contributed by atoms with van der Waals surface area (Å²) in [5, 5.41) is 0. The van der Waals surface area contributed by atoms with E-state index in [1.54, 1.807) is 0 Å². The molecule has 0 amide bonds. The molecule has 0 aromatic carbocycles. The van der Waals surface area contributed by atoms with Gasteiger partial charge in [0.1, 0.15) is 0 Å². The molecule has 0 N–H and O–H groups in total. The lowest BCUT2D eigenvalue weighted by molar-refractivity contribution is 0.273. The first-order valence-electron chi connectivity index (χ1n) is 3.38. The molecular formula is C6H11O2P. The molecular weight excluding hydrogens is 135 g/mol. The van der Waals surface area contributed by atoms with Crippen molar-refractivity contribution in [1.82, 2.24) is 0 Å². The van der Waals surface area contributed by atoms with Crippen LogP contribution in [0.3, 0.4) is 0 Å². The van der Waals surface area contributed by atoms with Gasteiger partial charge in [0, 0.05) is 0 Å². The highest BCUT2D eigenvalue weighted by atomic mass is 31.1. The fourth-order valence-corrected chi connectivity index (χ4v) is 1.58. The molecule has 0 aromatic rings. The Morgan fingerprint density at radius 1 is 1.44 bits per heavy atom. The molecule has 0 radical (unpaired) electrons. The third kappa shape index (κ3) is 2.42. The molecule has 1 aliphatic carbocycles. The zero-order valence-corrected chi connectivity index (χ0v) is 6.27. The maximum absolute atomic E-state index is 9.84. The van der Waals surface area contributed by atoms with Crippen LogP contribution >= 0.6 is 8.69 Å². The Kier molecular flexibility index (Phi) is 3.16. The second kappa shape index (κ2) is 3.97. The van der Waals surface area contributed by atoms with Gasteiger partial charge in [0.25, 0.3) is 0 Å². The minimum atomic E-state index is -0.164. The van der Waals surface area contributed by atoms with E-state index in [9.17, 15) is 4.57 Å². The average Bonchev–Trinajstić information content (AvgIpc) is 2.34. The van der Waals surface area contributed by atoms with Gasteiger partial charge in [-0.2, -0.15) is 0 Å². The molecule has 0 bridgehead atoms. The first kappa shape index (κ1) is 7.17. The van der Waals surface area contributed by atoms with Crippen LogP contribution in [0.25, 0.3) is 0 Å². The molecule has 1 saturated carbocycles.